The predicted octanol–water partition coefficient (Wildman–Crippen LogP) is 1.34. The van der Waals surface area contributed by atoms with E-state index in [9.17, 15) is 0 Å². The molecule has 1 radical (unpaired) electrons. The molecule has 0 aliphatic carbocycles. The van der Waals surface area contributed by atoms with Crippen LogP contribution < -0.4 is 0 Å². The molecule has 0 saturated heterocycles. The second-order valence-electron chi connectivity index (χ2n) is 2.81. The fourth-order valence-corrected chi connectivity index (χ4v) is 0.947. The van der Waals surface area contributed by atoms with Gasteiger partial charge >= 0.3 is 0 Å². The summed E-state index contributed by atoms with van der Waals surface area (Å²) in [5, 5.41) is 0. The van der Waals surface area contributed by atoms with Gasteiger partial charge in [0, 0.05) is 0 Å². The highest BCUT2D eigenvalue weighted by atomic mass is 16.5. The summed E-state index contributed by atoms with van der Waals surface area (Å²) in [6.45, 7) is 5.11. The van der Waals surface area contributed by atoms with Gasteiger partial charge in [0.25, 0.3) is 6.40 Å². The summed E-state index contributed by atoms with van der Waals surface area (Å²) in [4.78, 5) is 4.00. The van der Waals surface area contributed by atoms with E-state index in [1.54, 1.807) is 0 Å². The topological polar surface area (TPSA) is 21.6 Å². The van der Waals surface area contributed by atoms with Crippen molar-refractivity contribution in [2.45, 2.75) is 26.3 Å². The fourth-order valence-electron chi connectivity index (χ4n) is 0.947. The van der Waals surface area contributed by atoms with Crippen molar-refractivity contribution in [3.8, 4) is 0 Å². The van der Waals surface area contributed by atoms with Gasteiger partial charge in [-0.1, -0.05) is 13.8 Å². The van der Waals surface area contributed by atoms with Gasteiger partial charge in [-0.05, 0) is 12.3 Å². The first-order valence-corrected chi connectivity index (χ1v) is 3.35. The van der Waals surface area contributed by atoms with Gasteiger partial charge in [0.15, 0.2) is 0 Å². The third-order valence-corrected chi connectivity index (χ3v) is 1.32. The molecule has 0 aromatic carbocycles. The molecule has 2 nitrogen and oxygen atoms in total. The van der Waals surface area contributed by atoms with Crippen molar-refractivity contribution in [3.63, 3.8) is 0 Å². The van der Waals surface area contributed by atoms with Crippen LogP contribution in [-0.2, 0) is 4.74 Å². The fraction of sp³-hybridized carbons (Fsp3) is 0.857. The summed E-state index contributed by atoms with van der Waals surface area (Å²) < 4.78 is 4.84. The molecule has 9 heavy (non-hydrogen) atoms. The quantitative estimate of drug-likeness (QED) is 0.547. The second kappa shape index (κ2) is 2.85. The summed E-state index contributed by atoms with van der Waals surface area (Å²) in [6, 6.07) is 0.380. The maximum atomic E-state index is 4.84. The number of aliphatic imine (C=N–C) groups is 1. The Morgan fingerprint density at radius 1 is 1.78 bits per heavy atom. The van der Waals surface area contributed by atoms with Crippen LogP contribution in [0.1, 0.15) is 20.3 Å². The molecule has 0 aromatic rings. The molecule has 1 aliphatic rings. The van der Waals surface area contributed by atoms with Crippen molar-refractivity contribution in [1.29, 1.82) is 0 Å². The van der Waals surface area contributed by atoms with Gasteiger partial charge in [-0.3, -0.25) is 0 Å². The molecule has 1 rings (SSSR count). The highest BCUT2D eigenvalue weighted by molar-refractivity contribution is 5.48. The summed E-state index contributed by atoms with van der Waals surface area (Å²) in [7, 11) is 0. The standard InChI is InChI=1S/C7H12NO/c1-6(2)3-7-4-9-5-8-7/h6-7H,3-4H2,1-2H3. The lowest BCUT2D eigenvalue weighted by molar-refractivity contribution is 0.310. The maximum Gasteiger partial charge on any atom is 0.273 e. The van der Waals surface area contributed by atoms with E-state index in [-0.39, 0.29) is 0 Å². The zero-order chi connectivity index (χ0) is 6.69. The smallest absolute Gasteiger partial charge is 0.273 e. The molecule has 1 atom stereocenters. The number of rotatable bonds is 2. The lowest BCUT2D eigenvalue weighted by Crippen LogP contribution is -2.09. The Balaban J connectivity index is 2.20. The maximum absolute atomic E-state index is 4.84. The first kappa shape index (κ1) is 6.59. The van der Waals surface area contributed by atoms with Crippen molar-refractivity contribution in [1.82, 2.24) is 0 Å². The Morgan fingerprint density at radius 3 is 3.00 bits per heavy atom. The highest BCUT2D eigenvalue weighted by Gasteiger charge is 2.13. The van der Waals surface area contributed by atoms with Crippen molar-refractivity contribution in [2.75, 3.05) is 6.61 Å². The molecule has 1 aliphatic heterocycles. The molecule has 51 valence electrons. The zero-order valence-electron chi connectivity index (χ0n) is 5.92. The molecule has 0 saturated carbocycles. The Labute approximate surface area is 55.9 Å². The van der Waals surface area contributed by atoms with Crippen LogP contribution in [0.3, 0.4) is 0 Å². The molecule has 0 spiro atoms. The van der Waals surface area contributed by atoms with Gasteiger partial charge in [0.05, 0.1) is 6.04 Å². The van der Waals surface area contributed by atoms with E-state index < -0.39 is 0 Å². The van der Waals surface area contributed by atoms with Crippen LogP contribution in [0.4, 0.5) is 0 Å². The first-order valence-electron chi connectivity index (χ1n) is 3.35. The van der Waals surface area contributed by atoms with E-state index >= 15 is 0 Å². The molecule has 0 amide bonds. The van der Waals surface area contributed by atoms with Crippen LogP contribution in [0.25, 0.3) is 0 Å². The number of hydrogen-bond acceptors (Lipinski definition) is 2. The SMILES string of the molecule is CC(C)CC1CO[C]=N1. The van der Waals surface area contributed by atoms with Gasteiger partial charge in [-0.2, -0.15) is 0 Å². The molecular formula is C7H12NO. The minimum Gasteiger partial charge on any atom is -0.472 e. The van der Waals surface area contributed by atoms with Gasteiger partial charge in [0.1, 0.15) is 6.61 Å². The Kier molecular flexibility index (Phi) is 2.09. The van der Waals surface area contributed by atoms with Gasteiger partial charge < -0.3 is 4.74 Å². The van der Waals surface area contributed by atoms with Crippen LogP contribution >= 0.6 is 0 Å². The Bertz CT molecular complexity index is 109. The summed E-state index contributed by atoms with van der Waals surface area (Å²) in [5.74, 6) is 0.710. The van der Waals surface area contributed by atoms with E-state index in [2.05, 4.69) is 25.2 Å². The van der Waals surface area contributed by atoms with E-state index in [1.165, 1.54) is 0 Å². The molecule has 1 unspecified atom stereocenters. The van der Waals surface area contributed by atoms with Crippen molar-refractivity contribution >= 4 is 6.40 Å². The molecule has 2 heteroatoms. The van der Waals surface area contributed by atoms with Crippen molar-refractivity contribution in [3.05, 3.63) is 0 Å². The van der Waals surface area contributed by atoms with E-state index in [0.29, 0.717) is 12.0 Å². The minimum atomic E-state index is 0.380. The minimum absolute atomic E-state index is 0.380. The Hall–Kier alpha value is -0.530. The second-order valence-corrected chi connectivity index (χ2v) is 2.81. The molecular weight excluding hydrogens is 114 g/mol. The number of hydrogen-bond donors (Lipinski definition) is 0. The summed E-state index contributed by atoms with van der Waals surface area (Å²) >= 11 is 0. The molecule has 0 N–H and O–H groups in total. The molecule has 1 heterocycles. The normalized spacial score (nSPS) is 25.0. The third-order valence-electron chi connectivity index (χ3n) is 1.32. The molecule has 0 aromatic heterocycles. The van der Waals surface area contributed by atoms with Gasteiger partial charge in [-0.15, -0.1) is 0 Å². The van der Waals surface area contributed by atoms with E-state index in [0.717, 1.165) is 13.0 Å². The highest BCUT2D eigenvalue weighted by Crippen LogP contribution is 2.10. The van der Waals surface area contributed by atoms with Crippen LogP contribution in [0.5, 0.6) is 0 Å². The van der Waals surface area contributed by atoms with Gasteiger partial charge in [-0.25, -0.2) is 4.99 Å². The average Bonchev–Trinajstić information content (AvgIpc) is 2.15. The van der Waals surface area contributed by atoms with Crippen molar-refractivity contribution < 1.29 is 4.74 Å². The van der Waals surface area contributed by atoms with Crippen LogP contribution in [-0.4, -0.2) is 19.0 Å². The number of nitrogens with zero attached hydrogens (tertiary/aromatic N) is 1. The van der Waals surface area contributed by atoms with Crippen LogP contribution in [0.15, 0.2) is 4.99 Å². The summed E-state index contributed by atoms with van der Waals surface area (Å²) in [5.41, 5.74) is 0. The van der Waals surface area contributed by atoms with Crippen molar-refractivity contribution in [2.24, 2.45) is 10.9 Å². The molecule has 0 fully saturated rings. The third kappa shape index (κ3) is 2.04. The predicted molar refractivity (Wildman–Crippen MR) is 36.6 cm³/mol. The monoisotopic (exact) mass is 126 g/mol. The van der Waals surface area contributed by atoms with Crippen LogP contribution in [0.2, 0.25) is 0 Å². The lowest BCUT2D eigenvalue weighted by Gasteiger charge is -2.06. The lowest BCUT2D eigenvalue weighted by atomic mass is 10.1. The Morgan fingerprint density at radius 2 is 2.56 bits per heavy atom. The zero-order valence-corrected chi connectivity index (χ0v) is 5.92. The largest absolute Gasteiger partial charge is 0.472 e. The van der Waals surface area contributed by atoms with E-state index in [4.69, 9.17) is 4.74 Å². The van der Waals surface area contributed by atoms with E-state index in [1.807, 2.05) is 0 Å². The van der Waals surface area contributed by atoms with Crippen LogP contribution in [0, 0.1) is 5.92 Å². The average molecular weight is 126 g/mol. The molecule has 0 bridgehead atoms. The number of ether oxygens (including phenoxy) is 1. The van der Waals surface area contributed by atoms with Gasteiger partial charge in [0.2, 0.25) is 0 Å². The summed E-state index contributed by atoms with van der Waals surface area (Å²) in [6.07, 6.45) is 3.62. The first-order chi connectivity index (χ1) is 4.29.